The van der Waals surface area contributed by atoms with Crippen molar-refractivity contribution in [2.24, 2.45) is 0 Å². The first-order valence-corrected chi connectivity index (χ1v) is 7.67. The van der Waals surface area contributed by atoms with Crippen LogP contribution in [0.4, 0.5) is 10.7 Å². The fraction of sp³-hybridized carbons (Fsp3) is 0.312. The summed E-state index contributed by atoms with van der Waals surface area (Å²) in [5.74, 6) is 0.600. The largest absolute Gasteiger partial charge is 0.492 e. The average molecular weight is 304 g/mol. The number of nitrogen functional groups attached to an aromatic ring is 1. The monoisotopic (exact) mass is 304 g/mol. The van der Waals surface area contributed by atoms with Gasteiger partial charge in [0.05, 0.1) is 17.7 Å². The standard InChI is InChI=1S/C16H20N2O2S/c1-4-12(19)15-13(17)14(20-3)16(21-15)18-9-11-7-5-10(2)6-8-11/h5-8,18H,4,9,17H2,1-3H3. The lowest BCUT2D eigenvalue weighted by Gasteiger charge is -2.07. The van der Waals surface area contributed by atoms with Crippen molar-refractivity contribution in [1.29, 1.82) is 0 Å². The molecule has 0 saturated carbocycles. The molecular weight excluding hydrogens is 284 g/mol. The smallest absolute Gasteiger partial charge is 0.176 e. The van der Waals surface area contributed by atoms with Crippen LogP contribution < -0.4 is 15.8 Å². The van der Waals surface area contributed by atoms with E-state index in [0.717, 1.165) is 10.6 Å². The van der Waals surface area contributed by atoms with E-state index >= 15 is 0 Å². The molecular formula is C16H20N2O2S. The molecule has 21 heavy (non-hydrogen) atoms. The van der Waals surface area contributed by atoms with Gasteiger partial charge < -0.3 is 15.8 Å². The van der Waals surface area contributed by atoms with Crippen LogP contribution >= 0.6 is 11.3 Å². The number of benzene rings is 1. The SMILES string of the molecule is CCC(=O)c1sc(NCc2ccc(C)cc2)c(OC)c1N. The van der Waals surface area contributed by atoms with E-state index < -0.39 is 0 Å². The fourth-order valence-corrected chi connectivity index (χ4v) is 3.10. The number of anilines is 2. The summed E-state index contributed by atoms with van der Waals surface area (Å²) in [7, 11) is 1.57. The molecule has 0 aliphatic heterocycles. The molecule has 3 N–H and O–H groups in total. The Morgan fingerprint density at radius 2 is 2.00 bits per heavy atom. The third kappa shape index (κ3) is 3.36. The van der Waals surface area contributed by atoms with Crippen molar-refractivity contribution in [3.8, 4) is 5.75 Å². The van der Waals surface area contributed by atoms with Crippen LogP contribution in [0.3, 0.4) is 0 Å². The predicted molar refractivity (Wildman–Crippen MR) is 88.4 cm³/mol. The molecule has 0 bridgehead atoms. The summed E-state index contributed by atoms with van der Waals surface area (Å²) in [6.07, 6.45) is 0.436. The molecule has 2 aromatic rings. The van der Waals surface area contributed by atoms with Gasteiger partial charge in [0, 0.05) is 13.0 Å². The summed E-state index contributed by atoms with van der Waals surface area (Å²) in [6.45, 7) is 4.55. The van der Waals surface area contributed by atoms with Crippen LogP contribution in [0.1, 0.15) is 34.1 Å². The van der Waals surface area contributed by atoms with E-state index in [9.17, 15) is 4.79 Å². The number of hydrogen-bond donors (Lipinski definition) is 2. The number of thiophene rings is 1. The molecule has 4 nitrogen and oxygen atoms in total. The molecule has 0 unspecified atom stereocenters. The van der Waals surface area contributed by atoms with Crippen LogP contribution in [-0.2, 0) is 6.54 Å². The van der Waals surface area contributed by atoms with Gasteiger partial charge in [-0.25, -0.2) is 0 Å². The Labute approximate surface area is 128 Å². The quantitative estimate of drug-likeness (QED) is 0.796. The molecule has 0 radical (unpaired) electrons. The second kappa shape index (κ2) is 6.63. The zero-order valence-corrected chi connectivity index (χ0v) is 13.3. The first-order chi connectivity index (χ1) is 10.1. The van der Waals surface area contributed by atoms with Crippen molar-refractivity contribution >= 4 is 27.8 Å². The van der Waals surface area contributed by atoms with E-state index in [1.807, 2.05) is 6.92 Å². The molecule has 0 atom stereocenters. The molecule has 0 amide bonds. The number of carbonyl (C=O) groups excluding carboxylic acids is 1. The molecule has 0 fully saturated rings. The van der Waals surface area contributed by atoms with Crippen molar-refractivity contribution < 1.29 is 9.53 Å². The van der Waals surface area contributed by atoms with Gasteiger partial charge in [0.25, 0.3) is 0 Å². The van der Waals surface area contributed by atoms with Crippen molar-refractivity contribution in [2.75, 3.05) is 18.2 Å². The molecule has 0 saturated heterocycles. The molecule has 5 heteroatoms. The zero-order chi connectivity index (χ0) is 15.4. The lowest BCUT2D eigenvalue weighted by molar-refractivity contribution is 0.0992. The minimum absolute atomic E-state index is 0.0409. The van der Waals surface area contributed by atoms with Crippen molar-refractivity contribution in [3.05, 3.63) is 40.3 Å². The van der Waals surface area contributed by atoms with Crippen LogP contribution in [0.15, 0.2) is 24.3 Å². The Morgan fingerprint density at radius 1 is 1.33 bits per heavy atom. The second-order valence-corrected chi connectivity index (χ2v) is 5.84. The summed E-state index contributed by atoms with van der Waals surface area (Å²) in [4.78, 5) is 12.4. The van der Waals surface area contributed by atoms with Gasteiger partial charge in [-0.05, 0) is 12.5 Å². The van der Waals surface area contributed by atoms with E-state index in [2.05, 4.69) is 36.5 Å². The molecule has 1 aromatic heterocycles. The number of aryl methyl sites for hydroxylation is 1. The number of carbonyl (C=O) groups is 1. The molecule has 0 spiro atoms. The molecule has 1 aromatic carbocycles. The van der Waals surface area contributed by atoms with E-state index in [1.165, 1.54) is 16.9 Å². The Bertz CT molecular complexity index is 632. The number of nitrogens with one attached hydrogen (secondary N) is 1. The van der Waals surface area contributed by atoms with Gasteiger partial charge in [0.2, 0.25) is 0 Å². The molecule has 112 valence electrons. The average Bonchev–Trinajstić information content (AvgIpc) is 2.82. The summed E-state index contributed by atoms with van der Waals surface area (Å²) < 4.78 is 5.33. The van der Waals surface area contributed by atoms with Crippen LogP contribution in [0.2, 0.25) is 0 Å². The number of rotatable bonds is 6. The van der Waals surface area contributed by atoms with E-state index in [1.54, 1.807) is 7.11 Å². The number of hydrogen-bond acceptors (Lipinski definition) is 5. The topological polar surface area (TPSA) is 64.3 Å². The van der Waals surface area contributed by atoms with Crippen LogP contribution in [-0.4, -0.2) is 12.9 Å². The van der Waals surface area contributed by atoms with Gasteiger partial charge in [-0.15, -0.1) is 11.3 Å². The maximum absolute atomic E-state index is 11.9. The first kappa shape index (κ1) is 15.4. The zero-order valence-electron chi connectivity index (χ0n) is 12.5. The predicted octanol–water partition coefficient (Wildman–Crippen LogP) is 3.85. The second-order valence-electron chi connectivity index (χ2n) is 4.82. The van der Waals surface area contributed by atoms with Gasteiger partial charge in [0.15, 0.2) is 11.5 Å². The van der Waals surface area contributed by atoms with Crippen molar-refractivity contribution in [1.82, 2.24) is 0 Å². The van der Waals surface area contributed by atoms with Gasteiger partial charge in [0.1, 0.15) is 5.00 Å². The molecule has 0 aliphatic carbocycles. The highest BCUT2D eigenvalue weighted by Crippen LogP contribution is 2.43. The molecule has 1 heterocycles. The van der Waals surface area contributed by atoms with Crippen LogP contribution in [0.25, 0.3) is 0 Å². The lowest BCUT2D eigenvalue weighted by atomic mass is 10.1. The number of nitrogens with two attached hydrogens (primary N) is 1. The van der Waals surface area contributed by atoms with E-state index in [0.29, 0.717) is 29.3 Å². The number of ketones is 1. The highest BCUT2D eigenvalue weighted by atomic mass is 32.1. The van der Waals surface area contributed by atoms with Gasteiger partial charge in [-0.2, -0.15) is 0 Å². The summed E-state index contributed by atoms with van der Waals surface area (Å²) in [5.41, 5.74) is 8.83. The third-order valence-electron chi connectivity index (χ3n) is 3.25. The Balaban J connectivity index is 2.19. The summed E-state index contributed by atoms with van der Waals surface area (Å²) >= 11 is 1.36. The Morgan fingerprint density at radius 3 is 2.57 bits per heavy atom. The Hall–Kier alpha value is -2.01. The Kier molecular flexibility index (Phi) is 4.85. The first-order valence-electron chi connectivity index (χ1n) is 6.85. The normalized spacial score (nSPS) is 10.4. The molecule has 0 aliphatic rings. The minimum Gasteiger partial charge on any atom is -0.492 e. The van der Waals surface area contributed by atoms with Gasteiger partial charge in [-0.1, -0.05) is 36.8 Å². The van der Waals surface area contributed by atoms with Crippen molar-refractivity contribution in [3.63, 3.8) is 0 Å². The third-order valence-corrected chi connectivity index (χ3v) is 4.44. The van der Waals surface area contributed by atoms with Crippen molar-refractivity contribution in [2.45, 2.75) is 26.8 Å². The minimum atomic E-state index is 0.0409. The fourth-order valence-electron chi connectivity index (χ4n) is 2.00. The number of Topliss-reactive ketones (excluding diaryl/α,β-unsaturated/α-hetero) is 1. The highest BCUT2D eigenvalue weighted by molar-refractivity contribution is 7.19. The maximum atomic E-state index is 11.9. The van der Waals surface area contributed by atoms with Crippen LogP contribution in [0, 0.1) is 6.92 Å². The summed E-state index contributed by atoms with van der Waals surface area (Å²) in [6, 6.07) is 8.29. The van der Waals surface area contributed by atoms with E-state index in [-0.39, 0.29) is 5.78 Å². The van der Waals surface area contributed by atoms with E-state index in [4.69, 9.17) is 10.5 Å². The number of methoxy groups -OCH3 is 1. The summed E-state index contributed by atoms with van der Waals surface area (Å²) in [5, 5.41) is 4.10. The maximum Gasteiger partial charge on any atom is 0.176 e. The van der Waals surface area contributed by atoms with Crippen LogP contribution in [0.5, 0.6) is 5.75 Å². The van der Waals surface area contributed by atoms with Gasteiger partial charge in [-0.3, -0.25) is 4.79 Å². The van der Waals surface area contributed by atoms with Gasteiger partial charge >= 0.3 is 0 Å². The number of ether oxygens (including phenoxy) is 1. The highest BCUT2D eigenvalue weighted by Gasteiger charge is 2.20. The lowest BCUT2D eigenvalue weighted by Crippen LogP contribution is -2.00. The molecule has 2 rings (SSSR count).